The smallest absolute Gasteiger partial charge is 0.350 e. The molecule has 1 saturated heterocycles. The predicted molar refractivity (Wildman–Crippen MR) is 130 cm³/mol. The summed E-state index contributed by atoms with van der Waals surface area (Å²) >= 11 is 2.57. The predicted octanol–water partition coefficient (Wildman–Crippen LogP) is 1.11. The highest BCUT2D eigenvalue weighted by Crippen LogP contribution is 2.40. The maximum Gasteiger partial charge on any atom is 0.350 e. The Morgan fingerprint density at radius 2 is 2.11 bits per heavy atom. The van der Waals surface area contributed by atoms with E-state index in [9.17, 15) is 23.9 Å². The number of nitrogens with zero attached hydrogens (tertiary/aromatic N) is 4. The SMILES string of the molecule is CC1=C(C[n+]2ccc(F)cc2)CSC2C(NC(=O)C(=NOC(C)(C)C(=O)O)c3csc(N)n3)C(=O)N12. The molecule has 4 N–H and O–H groups in total. The van der Waals surface area contributed by atoms with Gasteiger partial charge in [-0.15, -0.1) is 23.1 Å². The normalized spacial score (nSPS) is 20.1. The van der Waals surface area contributed by atoms with Gasteiger partial charge < -0.3 is 21.0 Å². The van der Waals surface area contributed by atoms with Crippen molar-refractivity contribution >= 4 is 51.7 Å². The number of nitrogens with one attached hydrogen (secondary N) is 1. The molecule has 0 aliphatic carbocycles. The number of pyridine rings is 1. The summed E-state index contributed by atoms with van der Waals surface area (Å²) in [5.41, 5.74) is 5.60. The third kappa shape index (κ3) is 5.04. The van der Waals surface area contributed by atoms with Gasteiger partial charge in [0.2, 0.25) is 5.60 Å². The molecule has 2 aliphatic heterocycles. The molecule has 2 aliphatic rings. The van der Waals surface area contributed by atoms with Crippen LogP contribution in [0.15, 0.2) is 46.3 Å². The molecule has 2 unspecified atom stereocenters. The van der Waals surface area contributed by atoms with Crippen molar-refractivity contribution in [2.45, 2.75) is 44.3 Å². The van der Waals surface area contributed by atoms with E-state index in [1.807, 2.05) is 11.5 Å². The van der Waals surface area contributed by atoms with Gasteiger partial charge in [0.05, 0.1) is 0 Å². The van der Waals surface area contributed by atoms with Crippen LogP contribution < -0.4 is 15.6 Å². The number of oxime groups is 1. The second kappa shape index (κ2) is 9.85. The number of thioether (sulfide) groups is 1. The molecule has 0 saturated carbocycles. The van der Waals surface area contributed by atoms with E-state index < -0.39 is 23.5 Å². The van der Waals surface area contributed by atoms with Crippen LogP contribution in [0.1, 0.15) is 26.5 Å². The zero-order valence-corrected chi connectivity index (χ0v) is 21.2. The number of carboxylic acids is 1. The zero-order valence-electron chi connectivity index (χ0n) is 19.6. The molecule has 2 aromatic heterocycles. The number of β-lactam (4-membered cyclic amide) rings is 1. The largest absolute Gasteiger partial charge is 0.478 e. The molecule has 2 atom stereocenters. The maximum atomic E-state index is 13.2. The number of carboxylic acid groups (broad SMARTS) is 1. The number of nitrogen functional groups attached to an aromatic ring is 1. The fraction of sp³-hybridized carbons (Fsp3) is 0.364. The Balaban J connectivity index is 1.49. The van der Waals surface area contributed by atoms with Crippen LogP contribution in [0.4, 0.5) is 9.52 Å². The van der Waals surface area contributed by atoms with Crippen molar-refractivity contribution in [1.29, 1.82) is 0 Å². The number of hydrogen-bond donors (Lipinski definition) is 3. The first-order valence-corrected chi connectivity index (χ1v) is 12.7. The number of allylic oxidation sites excluding steroid dienone is 1. The van der Waals surface area contributed by atoms with E-state index >= 15 is 0 Å². The van der Waals surface area contributed by atoms with Crippen LogP contribution in [0.5, 0.6) is 0 Å². The molecule has 1 fully saturated rings. The van der Waals surface area contributed by atoms with Crippen molar-refractivity contribution in [1.82, 2.24) is 15.2 Å². The second-order valence-corrected chi connectivity index (χ2v) is 10.7. The van der Waals surface area contributed by atoms with Crippen molar-refractivity contribution < 1.29 is 33.3 Å². The molecule has 0 radical (unpaired) electrons. The molecule has 4 rings (SSSR count). The van der Waals surface area contributed by atoms with Crippen molar-refractivity contribution in [2.75, 3.05) is 11.5 Å². The highest BCUT2D eigenvalue weighted by Gasteiger charge is 2.52. The molecule has 36 heavy (non-hydrogen) atoms. The van der Waals surface area contributed by atoms with Crippen LogP contribution in [0.2, 0.25) is 0 Å². The Morgan fingerprint density at radius 3 is 2.72 bits per heavy atom. The minimum Gasteiger partial charge on any atom is -0.478 e. The molecule has 0 spiro atoms. The number of nitrogens with two attached hydrogens (primary N) is 1. The molecular weight excluding hydrogens is 511 g/mol. The van der Waals surface area contributed by atoms with Crippen LogP contribution in [0, 0.1) is 5.82 Å². The minimum absolute atomic E-state index is 0.103. The van der Waals surface area contributed by atoms with Crippen molar-refractivity contribution in [2.24, 2.45) is 5.16 Å². The van der Waals surface area contributed by atoms with Crippen LogP contribution in [-0.4, -0.2) is 61.3 Å². The number of carbonyl (C=O) groups excluding carboxylic acids is 2. The molecule has 0 aromatic carbocycles. The van der Waals surface area contributed by atoms with Crippen LogP contribution in [0.3, 0.4) is 0 Å². The van der Waals surface area contributed by atoms with Crippen molar-refractivity contribution in [3.8, 4) is 0 Å². The van der Waals surface area contributed by atoms with Crippen molar-refractivity contribution in [3.63, 3.8) is 0 Å². The first-order chi connectivity index (χ1) is 17.0. The Kier molecular flexibility index (Phi) is 7.00. The molecule has 11 nitrogen and oxygen atoms in total. The van der Waals surface area contributed by atoms with Gasteiger partial charge >= 0.3 is 5.97 Å². The van der Waals surface area contributed by atoms with Crippen LogP contribution in [-0.2, 0) is 25.8 Å². The average Bonchev–Trinajstić information content (AvgIpc) is 3.25. The van der Waals surface area contributed by atoms with Gasteiger partial charge in [0.25, 0.3) is 11.8 Å². The number of fused-ring (bicyclic) bond motifs is 1. The number of anilines is 1. The summed E-state index contributed by atoms with van der Waals surface area (Å²) in [6, 6.07) is 1.92. The molecule has 0 bridgehead atoms. The Morgan fingerprint density at radius 1 is 1.42 bits per heavy atom. The van der Waals surface area contributed by atoms with Gasteiger partial charge in [0.15, 0.2) is 29.8 Å². The van der Waals surface area contributed by atoms with Crippen LogP contribution in [0.25, 0.3) is 0 Å². The summed E-state index contributed by atoms with van der Waals surface area (Å²) in [6.07, 6.45) is 3.26. The van der Waals surface area contributed by atoms with E-state index in [1.54, 1.807) is 17.3 Å². The standard InChI is InChI=1S/C22H23FN6O5S2/c1-11-12(8-28-6-4-13(23)5-7-28)9-35-19-16(18(31)29(11)19)26-17(30)15(14-10-36-21(24)25-14)27-34-22(2,3)20(32)33/h4-7,10,16,19H,8-9H2,1-3H3,(H3-,24,25,26,30,32,33)/p+1. The van der Waals surface area contributed by atoms with E-state index in [2.05, 4.69) is 15.5 Å². The quantitative estimate of drug-likeness (QED) is 0.197. The Labute approximate surface area is 213 Å². The maximum absolute atomic E-state index is 13.2. The number of amides is 2. The minimum atomic E-state index is -1.70. The summed E-state index contributed by atoms with van der Waals surface area (Å²) in [5.74, 6) is -2.01. The number of aliphatic carboxylic acids is 1. The monoisotopic (exact) mass is 535 g/mol. The summed E-state index contributed by atoms with van der Waals surface area (Å²) < 4.78 is 15.0. The number of halogens is 1. The second-order valence-electron chi connectivity index (χ2n) is 8.66. The van der Waals surface area contributed by atoms with E-state index in [1.165, 1.54) is 43.1 Å². The van der Waals surface area contributed by atoms with Crippen molar-refractivity contribution in [3.05, 3.63) is 52.7 Å². The fourth-order valence-corrected chi connectivity index (χ4v) is 5.53. The van der Waals surface area contributed by atoms with Gasteiger partial charge in [-0.1, -0.05) is 5.16 Å². The number of carbonyl (C=O) groups is 3. The average molecular weight is 536 g/mol. The lowest BCUT2D eigenvalue weighted by Crippen LogP contribution is -2.70. The highest BCUT2D eigenvalue weighted by atomic mass is 32.2. The fourth-order valence-electron chi connectivity index (χ4n) is 3.52. The van der Waals surface area contributed by atoms with Gasteiger partial charge in [-0.05, 0) is 20.8 Å². The van der Waals surface area contributed by atoms with Gasteiger partial charge in [0, 0.05) is 34.5 Å². The molecule has 190 valence electrons. The van der Waals surface area contributed by atoms with E-state index in [0.717, 1.165) is 22.6 Å². The van der Waals surface area contributed by atoms with E-state index in [-0.39, 0.29) is 33.6 Å². The first kappa shape index (κ1) is 25.6. The van der Waals surface area contributed by atoms with Gasteiger partial charge in [0.1, 0.15) is 22.9 Å². The first-order valence-electron chi connectivity index (χ1n) is 10.8. The number of hydrogen-bond acceptors (Lipinski definition) is 9. The zero-order chi connectivity index (χ0) is 26.2. The lowest BCUT2D eigenvalue weighted by molar-refractivity contribution is -0.689. The summed E-state index contributed by atoms with van der Waals surface area (Å²) in [7, 11) is 0. The lowest BCUT2D eigenvalue weighted by Gasteiger charge is -2.49. The van der Waals surface area contributed by atoms with E-state index in [0.29, 0.717) is 12.3 Å². The summed E-state index contributed by atoms with van der Waals surface area (Å²) in [6.45, 7) is 4.92. The van der Waals surface area contributed by atoms with Crippen LogP contribution >= 0.6 is 23.1 Å². The number of aromatic nitrogens is 2. The van der Waals surface area contributed by atoms with Gasteiger partial charge in [-0.2, -0.15) is 0 Å². The molecular formula is C22H24FN6O5S2+. The summed E-state index contributed by atoms with van der Waals surface area (Å²) in [4.78, 5) is 48.2. The Hall–Kier alpha value is -3.52. The van der Waals surface area contributed by atoms with E-state index in [4.69, 9.17) is 10.6 Å². The number of thiazole rings is 1. The third-order valence-corrected chi connectivity index (χ3v) is 7.73. The lowest BCUT2D eigenvalue weighted by atomic mass is 10.0. The van der Waals surface area contributed by atoms with Gasteiger partial charge in [-0.25, -0.2) is 18.7 Å². The molecule has 2 aromatic rings. The summed E-state index contributed by atoms with van der Waals surface area (Å²) in [5, 5.41) is 17.1. The topological polar surface area (TPSA) is 151 Å². The molecule has 4 heterocycles. The number of rotatable bonds is 8. The molecule has 2 amide bonds. The van der Waals surface area contributed by atoms with Gasteiger partial charge in [-0.3, -0.25) is 14.5 Å². The highest BCUT2D eigenvalue weighted by molar-refractivity contribution is 8.00. The third-order valence-electron chi connectivity index (χ3n) is 5.71. The Bertz CT molecular complexity index is 1280. The molecule has 14 heteroatoms.